The molecule has 0 radical (unpaired) electrons. The van der Waals surface area contributed by atoms with Crippen molar-refractivity contribution in [2.45, 2.75) is 25.9 Å². The molecule has 29 heavy (non-hydrogen) atoms. The average Bonchev–Trinajstić information content (AvgIpc) is 3.27. The molecule has 0 aliphatic carbocycles. The number of fused-ring (bicyclic) bond motifs is 1. The van der Waals surface area contributed by atoms with E-state index >= 15 is 0 Å². The molecule has 0 fully saturated rings. The van der Waals surface area contributed by atoms with Gasteiger partial charge in [0.05, 0.1) is 14.2 Å². The monoisotopic (exact) mass is 400 g/mol. The molecule has 0 spiro atoms. The Labute approximate surface area is 172 Å². The summed E-state index contributed by atoms with van der Waals surface area (Å²) in [6.07, 6.45) is 5.81. The highest BCUT2D eigenvalue weighted by atomic mass is 16.5. The quantitative estimate of drug-likeness (QED) is 0.378. The fraction of sp³-hybridized carbons (Fsp3) is 0.524. The summed E-state index contributed by atoms with van der Waals surface area (Å²) in [6.45, 7) is 5.53. The Morgan fingerprint density at radius 3 is 2.55 bits per heavy atom. The van der Waals surface area contributed by atoms with Crippen LogP contribution in [0.2, 0.25) is 0 Å². The zero-order valence-electron chi connectivity index (χ0n) is 17.6. The van der Waals surface area contributed by atoms with E-state index in [0.717, 1.165) is 69.6 Å². The van der Waals surface area contributed by atoms with Gasteiger partial charge in [-0.05, 0) is 42.2 Å². The fourth-order valence-corrected chi connectivity index (χ4v) is 3.57. The molecule has 8 heteroatoms. The molecule has 2 N–H and O–H groups in total. The number of aromatic nitrogens is 2. The Morgan fingerprint density at radius 1 is 1.10 bits per heavy atom. The van der Waals surface area contributed by atoms with Gasteiger partial charge in [-0.2, -0.15) is 5.10 Å². The second kappa shape index (κ2) is 10.7. The highest BCUT2D eigenvalue weighted by Gasteiger charge is 2.19. The van der Waals surface area contributed by atoms with Crippen LogP contribution >= 0.6 is 0 Å². The lowest BCUT2D eigenvalue weighted by atomic mass is 9.99. The van der Waals surface area contributed by atoms with Crippen molar-refractivity contribution in [2.75, 3.05) is 47.4 Å². The molecular formula is C21H32N6O2. The lowest BCUT2D eigenvalue weighted by Crippen LogP contribution is -2.43. The summed E-state index contributed by atoms with van der Waals surface area (Å²) in [5.41, 5.74) is 2.66. The van der Waals surface area contributed by atoms with Crippen LogP contribution in [-0.4, -0.2) is 68.1 Å². The van der Waals surface area contributed by atoms with Crippen molar-refractivity contribution in [3.8, 4) is 11.5 Å². The first-order valence-electron chi connectivity index (χ1n) is 10.1. The van der Waals surface area contributed by atoms with Crippen LogP contribution in [0.1, 0.15) is 17.5 Å². The van der Waals surface area contributed by atoms with E-state index in [4.69, 9.17) is 9.47 Å². The molecule has 0 atom stereocenters. The first kappa shape index (κ1) is 21.0. The Kier molecular flexibility index (Phi) is 7.75. The molecule has 0 amide bonds. The topological polar surface area (TPSA) is 75.9 Å². The minimum absolute atomic E-state index is 0.797. The molecule has 3 rings (SSSR count). The number of guanidine groups is 1. The van der Waals surface area contributed by atoms with Crippen LogP contribution in [0.25, 0.3) is 0 Å². The number of nitrogens with zero attached hydrogens (tertiary/aromatic N) is 4. The van der Waals surface area contributed by atoms with Crippen molar-refractivity contribution in [3.63, 3.8) is 0 Å². The second-order valence-electron chi connectivity index (χ2n) is 7.05. The molecule has 0 saturated carbocycles. The van der Waals surface area contributed by atoms with Crippen LogP contribution in [0.3, 0.4) is 0 Å². The van der Waals surface area contributed by atoms with Crippen molar-refractivity contribution >= 4 is 5.96 Å². The van der Waals surface area contributed by atoms with E-state index in [9.17, 15) is 0 Å². The lowest BCUT2D eigenvalue weighted by molar-refractivity contribution is 0.256. The predicted molar refractivity (Wildman–Crippen MR) is 115 cm³/mol. The van der Waals surface area contributed by atoms with E-state index in [1.165, 1.54) is 11.1 Å². The van der Waals surface area contributed by atoms with Crippen LogP contribution < -0.4 is 20.1 Å². The third-order valence-electron chi connectivity index (χ3n) is 5.16. The number of hydrogen-bond acceptors (Lipinski definition) is 5. The van der Waals surface area contributed by atoms with Gasteiger partial charge in [-0.1, -0.05) is 0 Å². The van der Waals surface area contributed by atoms with Gasteiger partial charge in [0.1, 0.15) is 0 Å². The minimum atomic E-state index is 0.797. The van der Waals surface area contributed by atoms with Crippen molar-refractivity contribution in [1.82, 2.24) is 25.3 Å². The molecule has 1 aliphatic heterocycles. The molecule has 2 aromatic rings. The molecule has 0 saturated heterocycles. The number of aryl methyl sites for hydroxylation is 1. The van der Waals surface area contributed by atoms with Crippen LogP contribution in [0.15, 0.2) is 35.6 Å². The first-order valence-corrected chi connectivity index (χ1v) is 10.1. The first-order chi connectivity index (χ1) is 14.2. The Morgan fingerprint density at radius 2 is 1.86 bits per heavy atom. The number of hydrogen-bond donors (Lipinski definition) is 2. The van der Waals surface area contributed by atoms with E-state index in [0.29, 0.717) is 0 Å². The Hall–Kier alpha value is -2.74. The minimum Gasteiger partial charge on any atom is -0.493 e. The molecule has 8 nitrogen and oxygen atoms in total. The van der Waals surface area contributed by atoms with Gasteiger partial charge >= 0.3 is 0 Å². The molecule has 0 bridgehead atoms. The third kappa shape index (κ3) is 5.87. The zero-order valence-corrected chi connectivity index (χ0v) is 17.6. The van der Waals surface area contributed by atoms with Gasteiger partial charge in [-0.3, -0.25) is 14.6 Å². The van der Waals surface area contributed by atoms with Gasteiger partial charge in [0, 0.05) is 58.7 Å². The lowest BCUT2D eigenvalue weighted by Gasteiger charge is -2.29. The number of ether oxygens (including phenoxy) is 2. The maximum Gasteiger partial charge on any atom is 0.191 e. The summed E-state index contributed by atoms with van der Waals surface area (Å²) < 4.78 is 12.8. The molecule has 1 aliphatic rings. The summed E-state index contributed by atoms with van der Waals surface area (Å²) in [7, 11) is 5.17. The molecule has 1 aromatic carbocycles. The standard InChI is InChI=1S/C21H32N6O2/c1-22-21(23-7-4-10-27-11-5-8-25-27)24-9-13-26-12-6-17-14-19(28-2)20(29-3)15-18(17)16-26/h5,8,11,14-15H,4,6-7,9-10,12-13,16H2,1-3H3,(H2,22,23,24). The van der Waals surface area contributed by atoms with E-state index in [2.05, 4.69) is 37.8 Å². The van der Waals surface area contributed by atoms with Crippen LogP contribution in [-0.2, 0) is 19.5 Å². The number of nitrogens with one attached hydrogen (secondary N) is 2. The largest absolute Gasteiger partial charge is 0.493 e. The maximum absolute atomic E-state index is 5.45. The average molecular weight is 401 g/mol. The van der Waals surface area contributed by atoms with E-state index in [1.54, 1.807) is 27.5 Å². The van der Waals surface area contributed by atoms with Gasteiger partial charge in [-0.15, -0.1) is 0 Å². The van der Waals surface area contributed by atoms with E-state index in [1.807, 2.05) is 16.9 Å². The smallest absolute Gasteiger partial charge is 0.191 e. The summed E-state index contributed by atoms with van der Waals surface area (Å²) in [4.78, 5) is 6.76. The fourth-order valence-electron chi connectivity index (χ4n) is 3.57. The summed E-state index contributed by atoms with van der Waals surface area (Å²) in [6, 6.07) is 6.16. The second-order valence-corrected chi connectivity index (χ2v) is 7.05. The highest BCUT2D eigenvalue weighted by molar-refractivity contribution is 5.79. The van der Waals surface area contributed by atoms with Crippen molar-refractivity contribution < 1.29 is 9.47 Å². The molecule has 1 aromatic heterocycles. The highest BCUT2D eigenvalue weighted by Crippen LogP contribution is 2.33. The predicted octanol–water partition coefficient (Wildman–Crippen LogP) is 1.51. The SMILES string of the molecule is CN=C(NCCCn1cccn1)NCCN1CCc2cc(OC)c(OC)cc2C1. The van der Waals surface area contributed by atoms with E-state index in [-0.39, 0.29) is 0 Å². The number of benzene rings is 1. The van der Waals surface area contributed by atoms with Gasteiger partial charge in [0.25, 0.3) is 0 Å². The van der Waals surface area contributed by atoms with Crippen molar-refractivity contribution in [2.24, 2.45) is 4.99 Å². The summed E-state index contributed by atoms with van der Waals surface area (Å²) in [5, 5.41) is 11.0. The number of aliphatic imine (C=N–C) groups is 1. The van der Waals surface area contributed by atoms with Crippen LogP contribution in [0.5, 0.6) is 11.5 Å². The Balaban J connectivity index is 1.40. The van der Waals surface area contributed by atoms with Gasteiger partial charge in [-0.25, -0.2) is 0 Å². The molecule has 2 heterocycles. The van der Waals surface area contributed by atoms with Gasteiger partial charge < -0.3 is 20.1 Å². The molecule has 158 valence electrons. The Bertz CT molecular complexity index is 791. The van der Waals surface area contributed by atoms with Gasteiger partial charge in [0.2, 0.25) is 0 Å². The van der Waals surface area contributed by atoms with Crippen molar-refractivity contribution in [1.29, 1.82) is 0 Å². The normalized spacial score (nSPS) is 14.4. The van der Waals surface area contributed by atoms with Crippen LogP contribution in [0.4, 0.5) is 0 Å². The van der Waals surface area contributed by atoms with E-state index < -0.39 is 0 Å². The maximum atomic E-state index is 5.45. The summed E-state index contributed by atoms with van der Waals surface area (Å²) >= 11 is 0. The van der Waals surface area contributed by atoms with Crippen molar-refractivity contribution in [3.05, 3.63) is 41.7 Å². The number of methoxy groups -OCH3 is 2. The third-order valence-corrected chi connectivity index (χ3v) is 5.16. The zero-order chi connectivity index (χ0) is 20.5. The van der Waals surface area contributed by atoms with Crippen LogP contribution in [0, 0.1) is 0 Å². The summed E-state index contributed by atoms with van der Waals surface area (Å²) in [5.74, 6) is 2.45. The van der Waals surface area contributed by atoms with Gasteiger partial charge in [0.15, 0.2) is 17.5 Å². The molecular weight excluding hydrogens is 368 g/mol. The molecule has 0 unspecified atom stereocenters. The number of rotatable bonds is 9.